The first-order chi connectivity index (χ1) is 14.2. The molecule has 12 heteroatoms. The lowest BCUT2D eigenvalue weighted by atomic mass is 10.1. The molecule has 30 heavy (non-hydrogen) atoms. The number of benzene rings is 2. The number of hydrogen-bond donors (Lipinski definition) is 2. The summed E-state index contributed by atoms with van der Waals surface area (Å²) in [5.74, 6) is 5.84. The Kier molecular flexibility index (Phi) is 6.49. The average molecular weight is 467 g/mol. The van der Waals surface area contributed by atoms with Gasteiger partial charge in [0.15, 0.2) is 5.82 Å². The predicted octanol–water partition coefficient (Wildman–Crippen LogP) is 4.22. The van der Waals surface area contributed by atoms with Crippen LogP contribution in [-0.2, 0) is 4.79 Å². The van der Waals surface area contributed by atoms with Gasteiger partial charge in [-0.3, -0.25) is 14.9 Å². The Morgan fingerprint density at radius 1 is 1.27 bits per heavy atom. The Labute approximate surface area is 185 Å². The molecular formula is C18H16Cl2N6O3S. The smallest absolute Gasteiger partial charge is 0.293 e. The third-order valence-corrected chi connectivity index (χ3v) is 5.83. The van der Waals surface area contributed by atoms with Crippen molar-refractivity contribution in [3.8, 4) is 11.4 Å². The maximum Gasteiger partial charge on any atom is 0.293 e. The summed E-state index contributed by atoms with van der Waals surface area (Å²) in [6, 6.07) is 7.88. The van der Waals surface area contributed by atoms with Crippen molar-refractivity contribution in [3.63, 3.8) is 0 Å². The number of nitrogens with two attached hydrogens (primary N) is 1. The Balaban J connectivity index is 1.75. The number of nitrogens with zero attached hydrogens (tertiary/aromatic N) is 4. The molecule has 0 radical (unpaired) electrons. The van der Waals surface area contributed by atoms with Gasteiger partial charge in [0.1, 0.15) is 5.69 Å². The zero-order valence-corrected chi connectivity index (χ0v) is 18.2. The minimum absolute atomic E-state index is 0.0752. The summed E-state index contributed by atoms with van der Waals surface area (Å²) < 4.78 is 1.22. The molecule has 0 saturated heterocycles. The van der Waals surface area contributed by atoms with Crippen molar-refractivity contribution in [1.29, 1.82) is 0 Å². The molecule has 0 aliphatic carbocycles. The lowest BCUT2D eigenvalue weighted by Gasteiger charge is -2.11. The van der Waals surface area contributed by atoms with E-state index in [-0.39, 0.29) is 22.3 Å². The van der Waals surface area contributed by atoms with Crippen LogP contribution in [0.2, 0.25) is 10.0 Å². The molecular weight excluding hydrogens is 451 g/mol. The fraction of sp³-hybridized carbons (Fsp3) is 0.167. The molecule has 0 aliphatic heterocycles. The highest BCUT2D eigenvalue weighted by atomic mass is 35.5. The average Bonchev–Trinajstić information content (AvgIpc) is 3.04. The number of hydrogen-bond acceptors (Lipinski definition) is 7. The SMILES string of the molecule is Cc1ccc([N+](=O)[O-])c(NC(=O)CSc2nnc(-c3ccc(Cl)cc3Cl)n2N)c1C. The van der Waals surface area contributed by atoms with Crippen LogP contribution in [0.15, 0.2) is 35.5 Å². The Morgan fingerprint density at radius 3 is 2.67 bits per heavy atom. The van der Waals surface area contributed by atoms with Crippen molar-refractivity contribution < 1.29 is 9.72 Å². The zero-order valence-electron chi connectivity index (χ0n) is 15.8. The maximum absolute atomic E-state index is 12.4. The van der Waals surface area contributed by atoms with Crippen LogP contribution in [0.1, 0.15) is 11.1 Å². The number of thioether (sulfide) groups is 1. The molecule has 0 aliphatic rings. The second-order valence-corrected chi connectivity index (χ2v) is 8.08. The lowest BCUT2D eigenvalue weighted by Crippen LogP contribution is -2.18. The van der Waals surface area contributed by atoms with Crippen molar-refractivity contribution in [1.82, 2.24) is 14.9 Å². The number of nitrogens with one attached hydrogen (secondary N) is 1. The first kappa shape index (κ1) is 21.9. The van der Waals surface area contributed by atoms with Crippen LogP contribution in [0.4, 0.5) is 11.4 Å². The molecule has 156 valence electrons. The molecule has 0 fully saturated rings. The largest absolute Gasteiger partial charge is 0.335 e. The molecule has 3 N–H and O–H groups in total. The minimum Gasteiger partial charge on any atom is -0.335 e. The lowest BCUT2D eigenvalue weighted by molar-refractivity contribution is -0.384. The van der Waals surface area contributed by atoms with Crippen molar-refractivity contribution in [2.45, 2.75) is 19.0 Å². The van der Waals surface area contributed by atoms with Crippen LogP contribution < -0.4 is 11.2 Å². The van der Waals surface area contributed by atoms with Gasteiger partial charge in [-0.15, -0.1) is 10.2 Å². The van der Waals surface area contributed by atoms with Gasteiger partial charge in [0.2, 0.25) is 11.1 Å². The van der Waals surface area contributed by atoms with Gasteiger partial charge in [-0.05, 0) is 43.2 Å². The monoisotopic (exact) mass is 466 g/mol. The number of nitro groups is 1. The van der Waals surface area contributed by atoms with E-state index in [0.717, 1.165) is 17.3 Å². The highest BCUT2D eigenvalue weighted by Crippen LogP contribution is 2.32. The summed E-state index contributed by atoms with van der Waals surface area (Å²) in [4.78, 5) is 23.1. The van der Waals surface area contributed by atoms with E-state index in [1.807, 2.05) is 6.92 Å². The molecule has 0 unspecified atom stereocenters. The molecule has 1 amide bonds. The molecule has 0 bridgehead atoms. The number of aryl methyl sites for hydroxylation is 1. The van der Waals surface area contributed by atoms with Crippen molar-refractivity contribution in [2.24, 2.45) is 0 Å². The Morgan fingerprint density at radius 2 is 2.00 bits per heavy atom. The topological polar surface area (TPSA) is 129 Å². The van der Waals surface area contributed by atoms with E-state index in [4.69, 9.17) is 29.0 Å². The van der Waals surface area contributed by atoms with Gasteiger partial charge < -0.3 is 11.2 Å². The van der Waals surface area contributed by atoms with E-state index in [0.29, 0.717) is 27.0 Å². The number of nitrogen functional groups attached to an aromatic ring is 1. The Bertz CT molecular complexity index is 1150. The van der Waals surface area contributed by atoms with Crippen LogP contribution in [0.3, 0.4) is 0 Å². The molecule has 3 aromatic rings. The molecule has 0 atom stereocenters. The van der Waals surface area contributed by atoms with Gasteiger partial charge >= 0.3 is 0 Å². The molecule has 0 saturated carbocycles. The first-order valence-electron chi connectivity index (χ1n) is 8.52. The van der Waals surface area contributed by atoms with Gasteiger partial charge in [0.05, 0.1) is 15.7 Å². The molecule has 0 spiro atoms. The third-order valence-electron chi connectivity index (χ3n) is 4.34. The summed E-state index contributed by atoms with van der Waals surface area (Å²) in [6.45, 7) is 3.52. The standard InChI is InChI=1S/C18H16Cl2N6O3S/c1-9-3-6-14(26(28)29)16(10(9)2)22-15(27)8-30-18-24-23-17(25(18)21)12-5-4-11(19)7-13(12)20/h3-7H,8,21H2,1-2H3,(H,22,27). The number of carbonyl (C=O) groups is 1. The molecule has 2 aromatic carbocycles. The highest BCUT2D eigenvalue weighted by molar-refractivity contribution is 7.99. The van der Waals surface area contributed by atoms with Crippen LogP contribution in [0.5, 0.6) is 0 Å². The van der Waals surface area contributed by atoms with Crippen molar-refractivity contribution in [3.05, 3.63) is 61.6 Å². The second-order valence-electron chi connectivity index (χ2n) is 6.30. The summed E-state index contributed by atoms with van der Waals surface area (Å²) in [6.07, 6.45) is 0. The number of anilines is 1. The number of carbonyl (C=O) groups excluding carboxylic acids is 1. The third kappa shape index (κ3) is 4.50. The number of aromatic nitrogens is 3. The van der Waals surface area contributed by atoms with Gasteiger partial charge in [-0.25, -0.2) is 4.68 Å². The van der Waals surface area contributed by atoms with E-state index < -0.39 is 10.8 Å². The van der Waals surface area contributed by atoms with Crippen LogP contribution in [-0.4, -0.2) is 31.5 Å². The van der Waals surface area contributed by atoms with Gasteiger partial charge in [-0.1, -0.05) is 41.0 Å². The van der Waals surface area contributed by atoms with Crippen LogP contribution in [0, 0.1) is 24.0 Å². The summed E-state index contributed by atoms with van der Waals surface area (Å²) in [5, 5.41) is 23.0. The van der Waals surface area contributed by atoms with E-state index in [9.17, 15) is 14.9 Å². The van der Waals surface area contributed by atoms with Crippen LogP contribution >= 0.6 is 35.0 Å². The number of amides is 1. The summed E-state index contributed by atoms with van der Waals surface area (Å²) in [7, 11) is 0. The molecule has 3 rings (SSSR count). The minimum atomic E-state index is -0.534. The number of halogens is 2. The van der Waals surface area contributed by atoms with E-state index in [1.54, 1.807) is 31.2 Å². The van der Waals surface area contributed by atoms with E-state index in [1.165, 1.54) is 10.7 Å². The molecule has 1 heterocycles. The van der Waals surface area contributed by atoms with E-state index in [2.05, 4.69) is 15.5 Å². The first-order valence-corrected chi connectivity index (χ1v) is 10.3. The molecule has 1 aromatic heterocycles. The fourth-order valence-electron chi connectivity index (χ4n) is 2.65. The predicted molar refractivity (Wildman–Crippen MR) is 118 cm³/mol. The van der Waals surface area contributed by atoms with Gasteiger partial charge in [-0.2, -0.15) is 0 Å². The number of nitro benzene ring substituents is 1. The number of rotatable bonds is 6. The normalized spacial score (nSPS) is 10.8. The summed E-state index contributed by atoms with van der Waals surface area (Å²) in [5.41, 5.74) is 2.00. The fourth-order valence-corrected chi connectivity index (χ4v) is 3.80. The van der Waals surface area contributed by atoms with Gasteiger partial charge in [0.25, 0.3) is 5.69 Å². The van der Waals surface area contributed by atoms with E-state index >= 15 is 0 Å². The van der Waals surface area contributed by atoms with Gasteiger partial charge in [0, 0.05) is 16.7 Å². The van der Waals surface area contributed by atoms with Crippen molar-refractivity contribution in [2.75, 3.05) is 16.9 Å². The Hall–Kier alpha value is -2.82. The zero-order chi connectivity index (χ0) is 22.0. The second kappa shape index (κ2) is 8.90. The highest BCUT2D eigenvalue weighted by Gasteiger charge is 2.21. The maximum atomic E-state index is 12.4. The van der Waals surface area contributed by atoms with Crippen molar-refractivity contribution >= 4 is 52.2 Å². The van der Waals surface area contributed by atoms with Crippen LogP contribution in [0.25, 0.3) is 11.4 Å². The summed E-state index contributed by atoms with van der Waals surface area (Å²) >= 11 is 13.1. The quantitative estimate of drug-likeness (QED) is 0.240. The molecule has 9 nitrogen and oxygen atoms in total.